The first-order valence-electron chi connectivity index (χ1n) is 18.5. The Kier molecular flexibility index (Phi) is 17.5. The molecule has 0 saturated heterocycles. The average molecular weight is 809 g/mol. The number of non-ortho nitro benzene ring substituents is 1. The molecule has 0 saturated carbocycles. The van der Waals surface area contributed by atoms with E-state index in [0.29, 0.717) is 11.3 Å². The minimum Gasteiger partial charge on any atom is -0.465 e. The fraction of sp³-hybridized carbons (Fsp3) is 0.436. The molecule has 2 aromatic carbocycles. The number of rotatable bonds is 21. The van der Waals surface area contributed by atoms with E-state index in [1.165, 1.54) is 43.3 Å². The lowest BCUT2D eigenvalue weighted by molar-refractivity contribution is -0.384. The molecule has 0 aliphatic carbocycles. The lowest BCUT2D eigenvalue weighted by atomic mass is 10.0. The fourth-order valence-electron chi connectivity index (χ4n) is 5.19. The maximum atomic E-state index is 13.5. The fourth-order valence-corrected chi connectivity index (χ4v) is 5.19. The molecule has 2 aromatic rings. The third-order valence-electron chi connectivity index (χ3n) is 8.25. The van der Waals surface area contributed by atoms with Crippen LogP contribution in [0, 0.1) is 22.0 Å². The Morgan fingerprint density at radius 1 is 0.741 bits per heavy atom. The van der Waals surface area contributed by atoms with Crippen molar-refractivity contribution in [3.8, 4) is 5.75 Å². The van der Waals surface area contributed by atoms with Crippen molar-refractivity contribution in [2.45, 2.75) is 85.0 Å². The molecule has 3 rings (SSSR count). The number of imide groups is 1. The van der Waals surface area contributed by atoms with Crippen molar-refractivity contribution in [1.82, 2.24) is 20.9 Å². The number of nitro benzene ring substituents is 1. The van der Waals surface area contributed by atoms with Crippen LogP contribution in [-0.4, -0.2) is 88.7 Å². The average Bonchev–Trinajstić information content (AvgIpc) is 3.49. The van der Waals surface area contributed by atoms with Crippen molar-refractivity contribution in [1.29, 1.82) is 0 Å². The SMILES string of the molecule is CC(C)COC(=O)CC[C@H](NC(=O)[C@H](C)NC(=O)[C@@H](CC(C)C)NC(=O)CCN1C(=O)C=CC1=O)C(=O)Nc1ccc(COC(=O)Oc2ccc([N+](=O)[O-])cc2)cc1. The summed E-state index contributed by atoms with van der Waals surface area (Å²) < 4.78 is 15.3. The highest BCUT2D eigenvalue weighted by Crippen LogP contribution is 2.19. The van der Waals surface area contributed by atoms with Crippen LogP contribution >= 0.6 is 0 Å². The Bertz CT molecular complexity index is 1840. The van der Waals surface area contributed by atoms with Crippen LogP contribution in [0.1, 0.15) is 65.9 Å². The second-order valence-corrected chi connectivity index (χ2v) is 14.1. The number of benzene rings is 2. The highest BCUT2D eigenvalue weighted by atomic mass is 16.7. The monoisotopic (exact) mass is 808 g/mol. The maximum absolute atomic E-state index is 13.5. The summed E-state index contributed by atoms with van der Waals surface area (Å²) in [6, 6.07) is 7.46. The number of nitrogens with zero attached hydrogens (tertiary/aromatic N) is 2. The number of nitrogens with one attached hydrogen (secondary N) is 4. The smallest absolute Gasteiger partial charge is 0.465 e. The zero-order chi connectivity index (χ0) is 42.9. The van der Waals surface area contributed by atoms with Gasteiger partial charge in [-0.05, 0) is 61.4 Å². The minimum absolute atomic E-state index is 0.0434. The van der Waals surface area contributed by atoms with Crippen molar-refractivity contribution in [2.75, 3.05) is 18.5 Å². The molecule has 58 heavy (non-hydrogen) atoms. The summed E-state index contributed by atoms with van der Waals surface area (Å²) in [6.45, 7) is 8.54. The summed E-state index contributed by atoms with van der Waals surface area (Å²) in [5, 5.41) is 21.2. The van der Waals surface area contributed by atoms with Crippen molar-refractivity contribution in [2.24, 2.45) is 11.8 Å². The van der Waals surface area contributed by atoms with Crippen molar-refractivity contribution >= 4 is 58.9 Å². The van der Waals surface area contributed by atoms with Crippen molar-refractivity contribution in [3.63, 3.8) is 0 Å². The standard InChI is InChI=1S/C39H48N6O13/c1-23(2)20-31(42-32(46)18-19-44-33(47)15-16-34(44)48)38(52)40-25(5)36(50)43-30(14-17-35(49)56-21-24(3)4)37(51)41-27-8-6-26(7-9-27)22-57-39(53)58-29-12-10-28(11-13-29)45(54)55/h6-13,15-16,23-25,30-31H,14,17-22H2,1-5H3,(H,40,52)(H,41,51)(H,42,46)(H,43,50)/t25-,30-,31+/m0/s1. The lowest BCUT2D eigenvalue weighted by Crippen LogP contribution is -2.55. The molecule has 0 bridgehead atoms. The first-order chi connectivity index (χ1) is 27.4. The summed E-state index contributed by atoms with van der Waals surface area (Å²) in [6.07, 6.45) is 0.739. The molecule has 1 aliphatic rings. The highest BCUT2D eigenvalue weighted by molar-refractivity contribution is 6.13. The molecule has 0 aromatic heterocycles. The summed E-state index contributed by atoms with van der Waals surface area (Å²) >= 11 is 0. The van der Waals surface area contributed by atoms with E-state index >= 15 is 0 Å². The van der Waals surface area contributed by atoms with Crippen molar-refractivity contribution in [3.05, 3.63) is 76.4 Å². The van der Waals surface area contributed by atoms with Gasteiger partial charge >= 0.3 is 12.1 Å². The predicted octanol–water partition coefficient (Wildman–Crippen LogP) is 3.06. The summed E-state index contributed by atoms with van der Waals surface area (Å²) in [4.78, 5) is 112. The van der Waals surface area contributed by atoms with Crippen LogP contribution in [-0.2, 0) is 49.6 Å². The van der Waals surface area contributed by atoms with E-state index in [0.717, 1.165) is 17.1 Å². The molecule has 19 heteroatoms. The molecule has 3 atom stereocenters. The van der Waals surface area contributed by atoms with Crippen LogP contribution in [0.2, 0.25) is 0 Å². The molecule has 0 unspecified atom stereocenters. The van der Waals surface area contributed by atoms with Crippen LogP contribution in [0.4, 0.5) is 16.2 Å². The molecule has 4 N–H and O–H groups in total. The zero-order valence-electron chi connectivity index (χ0n) is 32.8. The van der Waals surface area contributed by atoms with Gasteiger partial charge in [-0.3, -0.25) is 48.6 Å². The Hall–Kier alpha value is -6.66. The molecular weight excluding hydrogens is 760 g/mol. The van der Waals surface area contributed by atoms with E-state index in [9.17, 15) is 48.5 Å². The van der Waals surface area contributed by atoms with E-state index in [1.807, 2.05) is 27.7 Å². The van der Waals surface area contributed by atoms with E-state index in [4.69, 9.17) is 14.2 Å². The molecular formula is C39H48N6O13. The van der Waals surface area contributed by atoms with E-state index < -0.39 is 70.6 Å². The quantitative estimate of drug-likeness (QED) is 0.0466. The zero-order valence-corrected chi connectivity index (χ0v) is 32.8. The highest BCUT2D eigenvalue weighted by Gasteiger charge is 2.30. The lowest BCUT2D eigenvalue weighted by Gasteiger charge is -2.24. The number of amides is 6. The van der Waals surface area contributed by atoms with Gasteiger partial charge < -0.3 is 35.5 Å². The van der Waals surface area contributed by atoms with E-state index in [2.05, 4.69) is 21.3 Å². The Morgan fingerprint density at radius 3 is 1.97 bits per heavy atom. The number of hydrogen-bond acceptors (Lipinski definition) is 13. The third-order valence-corrected chi connectivity index (χ3v) is 8.25. The van der Waals surface area contributed by atoms with Gasteiger partial charge in [0.25, 0.3) is 17.5 Å². The van der Waals surface area contributed by atoms with Gasteiger partial charge in [0, 0.05) is 49.4 Å². The maximum Gasteiger partial charge on any atom is 0.514 e. The van der Waals surface area contributed by atoms with E-state index in [-0.39, 0.29) is 68.7 Å². The number of ether oxygens (including phenoxy) is 3. The molecule has 312 valence electrons. The molecule has 1 heterocycles. The first-order valence-corrected chi connectivity index (χ1v) is 18.5. The summed E-state index contributed by atoms with van der Waals surface area (Å²) in [5.74, 6) is -4.32. The number of hydrogen-bond donors (Lipinski definition) is 4. The minimum atomic E-state index is -1.26. The third kappa shape index (κ3) is 15.5. The van der Waals surface area contributed by atoms with E-state index in [1.54, 1.807) is 12.1 Å². The summed E-state index contributed by atoms with van der Waals surface area (Å²) in [7, 11) is 0. The number of anilines is 1. The second-order valence-electron chi connectivity index (χ2n) is 14.1. The van der Waals surface area contributed by atoms with Gasteiger partial charge in [-0.1, -0.05) is 39.8 Å². The molecule has 6 amide bonds. The topological polar surface area (TPSA) is 259 Å². The summed E-state index contributed by atoms with van der Waals surface area (Å²) in [5.41, 5.74) is 0.638. The van der Waals surface area contributed by atoms with Crippen LogP contribution in [0.5, 0.6) is 5.75 Å². The molecule has 0 radical (unpaired) electrons. The predicted molar refractivity (Wildman–Crippen MR) is 205 cm³/mol. The first kappa shape index (κ1) is 45.7. The number of carbonyl (C=O) groups is 8. The number of esters is 1. The van der Waals surface area contributed by atoms with Crippen LogP contribution in [0.25, 0.3) is 0 Å². The van der Waals surface area contributed by atoms with Gasteiger partial charge in [0.1, 0.15) is 30.5 Å². The largest absolute Gasteiger partial charge is 0.514 e. The molecule has 1 aliphatic heterocycles. The number of nitro groups is 1. The second kappa shape index (κ2) is 22.2. The van der Waals surface area contributed by atoms with Gasteiger partial charge in [0.05, 0.1) is 11.5 Å². The Balaban J connectivity index is 1.60. The van der Waals surface area contributed by atoms with Gasteiger partial charge in [0.2, 0.25) is 23.6 Å². The molecule has 19 nitrogen and oxygen atoms in total. The van der Waals surface area contributed by atoms with Gasteiger partial charge in [-0.25, -0.2) is 4.79 Å². The molecule has 0 fully saturated rings. The van der Waals surface area contributed by atoms with Gasteiger partial charge in [-0.15, -0.1) is 0 Å². The van der Waals surface area contributed by atoms with Crippen LogP contribution in [0.15, 0.2) is 60.7 Å². The molecule has 0 spiro atoms. The van der Waals surface area contributed by atoms with Crippen molar-refractivity contribution < 1.29 is 57.5 Å². The normalized spacial score (nSPS) is 13.7. The Morgan fingerprint density at radius 2 is 1.38 bits per heavy atom. The van der Waals surface area contributed by atoms with Crippen LogP contribution in [0.3, 0.4) is 0 Å². The van der Waals surface area contributed by atoms with Gasteiger partial charge in [0.15, 0.2) is 0 Å². The van der Waals surface area contributed by atoms with Crippen LogP contribution < -0.4 is 26.0 Å². The number of carbonyl (C=O) groups excluding carboxylic acids is 8. The Labute approximate surface area is 334 Å². The van der Waals surface area contributed by atoms with Gasteiger partial charge in [-0.2, -0.15) is 0 Å².